The first-order chi connectivity index (χ1) is 14.8. The van der Waals surface area contributed by atoms with Gasteiger partial charge in [0.2, 0.25) is 5.78 Å². The molecule has 4 heterocycles. The molecule has 0 N–H and O–H groups in total. The van der Waals surface area contributed by atoms with Crippen molar-refractivity contribution in [3.05, 3.63) is 84.7 Å². The van der Waals surface area contributed by atoms with Gasteiger partial charge in [0.15, 0.2) is 5.58 Å². The van der Waals surface area contributed by atoms with Gasteiger partial charge in [-0.05, 0) is 55.5 Å². The summed E-state index contributed by atoms with van der Waals surface area (Å²) >= 11 is 0. The van der Waals surface area contributed by atoms with Gasteiger partial charge in [-0.1, -0.05) is 24.3 Å². The molecule has 0 radical (unpaired) electrons. The first kappa shape index (κ1) is 15.8. The van der Waals surface area contributed by atoms with Gasteiger partial charge >= 0.3 is 0 Å². The highest BCUT2D eigenvalue weighted by molar-refractivity contribution is 6.06. The molecule has 0 saturated heterocycles. The lowest BCUT2D eigenvalue weighted by molar-refractivity contribution is 0.662. The molecule has 142 valence electrons. The van der Waals surface area contributed by atoms with Crippen LogP contribution in [0.4, 0.5) is 0 Å². The molecule has 0 aliphatic heterocycles. The van der Waals surface area contributed by atoms with Crippen LogP contribution < -0.4 is 0 Å². The maximum atomic E-state index is 6.09. The topological polar surface area (TPSA) is 48.3 Å². The molecule has 0 aliphatic carbocycles. The molecule has 0 fully saturated rings. The van der Waals surface area contributed by atoms with E-state index in [9.17, 15) is 0 Å². The maximum Gasteiger partial charge on any atom is 0.220 e. The van der Waals surface area contributed by atoms with Crippen molar-refractivity contribution < 1.29 is 4.42 Å². The number of fused-ring (bicyclic) bond motifs is 8. The van der Waals surface area contributed by atoms with E-state index in [1.54, 1.807) is 0 Å². The first-order valence-electron chi connectivity index (χ1n) is 9.94. The van der Waals surface area contributed by atoms with Crippen LogP contribution in [-0.4, -0.2) is 18.9 Å². The minimum absolute atomic E-state index is 0.846. The number of benzene rings is 3. The van der Waals surface area contributed by atoms with Crippen LogP contribution in [0.2, 0.25) is 0 Å². The lowest BCUT2D eigenvalue weighted by Crippen LogP contribution is -1.94. The number of furan rings is 1. The van der Waals surface area contributed by atoms with Crippen LogP contribution in [0.25, 0.3) is 55.5 Å². The summed E-state index contributed by atoms with van der Waals surface area (Å²) in [5.41, 5.74) is 8.03. The SMILES string of the molecule is Cc1nccc2c1oc1ccc(-n3c4ccccc4n4c5ccccc5nc34)cc12. The average Bonchev–Trinajstić information content (AvgIpc) is 3.42. The van der Waals surface area contributed by atoms with Crippen molar-refractivity contribution in [1.82, 2.24) is 18.9 Å². The highest BCUT2D eigenvalue weighted by Crippen LogP contribution is 2.34. The van der Waals surface area contributed by atoms with E-state index in [0.717, 1.165) is 61.2 Å². The highest BCUT2D eigenvalue weighted by Gasteiger charge is 2.18. The van der Waals surface area contributed by atoms with E-state index in [2.05, 4.69) is 68.5 Å². The third kappa shape index (κ3) is 1.91. The lowest BCUT2D eigenvalue weighted by Gasteiger charge is -2.05. The van der Waals surface area contributed by atoms with Crippen molar-refractivity contribution in [3.63, 3.8) is 0 Å². The van der Waals surface area contributed by atoms with Crippen LogP contribution >= 0.6 is 0 Å². The largest absolute Gasteiger partial charge is 0.454 e. The second kappa shape index (κ2) is 5.48. The number of para-hydroxylation sites is 4. The van der Waals surface area contributed by atoms with Crippen LogP contribution in [0.15, 0.2) is 83.4 Å². The zero-order chi connectivity index (χ0) is 19.8. The van der Waals surface area contributed by atoms with Gasteiger partial charge in [0.1, 0.15) is 5.58 Å². The molecule has 5 nitrogen and oxygen atoms in total. The van der Waals surface area contributed by atoms with E-state index in [-0.39, 0.29) is 0 Å². The zero-order valence-electron chi connectivity index (χ0n) is 16.2. The summed E-state index contributed by atoms with van der Waals surface area (Å²) in [5.74, 6) is 0.905. The van der Waals surface area contributed by atoms with Gasteiger partial charge in [0.25, 0.3) is 0 Å². The third-order valence-electron chi connectivity index (χ3n) is 5.91. The summed E-state index contributed by atoms with van der Waals surface area (Å²) in [7, 11) is 0. The summed E-state index contributed by atoms with van der Waals surface area (Å²) in [6, 6.07) is 25.0. The third-order valence-corrected chi connectivity index (χ3v) is 5.91. The van der Waals surface area contributed by atoms with Crippen molar-refractivity contribution >= 4 is 49.8 Å². The molecule has 0 atom stereocenters. The molecule has 0 amide bonds. The molecule has 0 saturated carbocycles. The van der Waals surface area contributed by atoms with E-state index in [1.807, 2.05) is 31.3 Å². The Morgan fingerprint density at radius 3 is 2.50 bits per heavy atom. The van der Waals surface area contributed by atoms with Gasteiger partial charge in [-0.25, -0.2) is 4.98 Å². The highest BCUT2D eigenvalue weighted by atomic mass is 16.3. The summed E-state index contributed by atoms with van der Waals surface area (Å²) < 4.78 is 10.5. The fourth-order valence-electron chi connectivity index (χ4n) is 4.57. The van der Waals surface area contributed by atoms with Crippen LogP contribution in [-0.2, 0) is 0 Å². The number of rotatable bonds is 1. The second-order valence-corrected chi connectivity index (χ2v) is 7.62. The van der Waals surface area contributed by atoms with E-state index >= 15 is 0 Å². The normalized spacial score (nSPS) is 12.2. The van der Waals surface area contributed by atoms with Gasteiger partial charge in [-0.2, -0.15) is 0 Å². The number of imidazole rings is 2. The lowest BCUT2D eigenvalue weighted by atomic mass is 10.1. The van der Waals surface area contributed by atoms with Crippen molar-refractivity contribution in [3.8, 4) is 5.69 Å². The molecule has 0 bridgehead atoms. The van der Waals surface area contributed by atoms with Gasteiger partial charge < -0.3 is 4.42 Å². The summed E-state index contributed by atoms with van der Waals surface area (Å²) in [5, 5.41) is 2.17. The first-order valence-corrected chi connectivity index (χ1v) is 9.94. The molecule has 4 aromatic heterocycles. The summed E-state index contributed by atoms with van der Waals surface area (Å²) in [4.78, 5) is 9.33. The Hall–Kier alpha value is -4.12. The number of hydrogen-bond acceptors (Lipinski definition) is 3. The van der Waals surface area contributed by atoms with Gasteiger partial charge in [0, 0.05) is 17.0 Å². The van der Waals surface area contributed by atoms with Crippen LogP contribution in [0.5, 0.6) is 0 Å². The molecule has 0 aliphatic rings. The Balaban J connectivity index is 1.64. The average molecular weight is 388 g/mol. The number of nitrogens with zero attached hydrogens (tertiary/aromatic N) is 4. The van der Waals surface area contributed by atoms with Crippen LogP contribution in [0.3, 0.4) is 0 Å². The number of hydrogen-bond donors (Lipinski definition) is 0. The van der Waals surface area contributed by atoms with Crippen molar-refractivity contribution in [2.24, 2.45) is 0 Å². The molecule has 3 aromatic carbocycles. The Morgan fingerprint density at radius 2 is 1.60 bits per heavy atom. The Bertz CT molecular complexity index is 1770. The van der Waals surface area contributed by atoms with Crippen molar-refractivity contribution in [2.45, 2.75) is 6.92 Å². The molecule has 30 heavy (non-hydrogen) atoms. The second-order valence-electron chi connectivity index (χ2n) is 7.62. The summed E-state index contributed by atoms with van der Waals surface area (Å²) in [6.45, 7) is 1.98. The van der Waals surface area contributed by atoms with Crippen LogP contribution in [0, 0.1) is 6.92 Å². The maximum absolute atomic E-state index is 6.09. The smallest absolute Gasteiger partial charge is 0.220 e. The summed E-state index contributed by atoms with van der Waals surface area (Å²) in [6.07, 6.45) is 1.84. The Kier molecular flexibility index (Phi) is 2.88. The van der Waals surface area contributed by atoms with Crippen molar-refractivity contribution in [1.29, 1.82) is 0 Å². The van der Waals surface area contributed by atoms with Crippen molar-refractivity contribution in [2.75, 3.05) is 0 Å². The predicted molar refractivity (Wildman–Crippen MR) is 119 cm³/mol. The molecular formula is C25H16N4O. The molecule has 5 heteroatoms. The number of aromatic nitrogens is 4. The monoisotopic (exact) mass is 388 g/mol. The fourth-order valence-corrected chi connectivity index (χ4v) is 4.57. The van der Waals surface area contributed by atoms with Gasteiger partial charge in [-0.3, -0.25) is 14.0 Å². The quantitative estimate of drug-likeness (QED) is 0.345. The fraction of sp³-hybridized carbons (Fsp3) is 0.0400. The van der Waals surface area contributed by atoms with E-state index in [4.69, 9.17) is 9.40 Å². The minimum atomic E-state index is 0.846. The Labute approximate surface area is 170 Å². The van der Waals surface area contributed by atoms with E-state index in [1.165, 1.54) is 0 Å². The molecule has 0 unspecified atom stereocenters. The number of aryl methyl sites for hydroxylation is 1. The van der Waals surface area contributed by atoms with Gasteiger partial charge in [-0.15, -0.1) is 0 Å². The van der Waals surface area contributed by atoms with E-state index < -0.39 is 0 Å². The number of pyridine rings is 1. The Morgan fingerprint density at radius 1 is 0.800 bits per heavy atom. The predicted octanol–water partition coefficient (Wildman–Crippen LogP) is 6.03. The molecule has 0 spiro atoms. The van der Waals surface area contributed by atoms with E-state index in [0.29, 0.717) is 0 Å². The van der Waals surface area contributed by atoms with Gasteiger partial charge in [0.05, 0.1) is 33.4 Å². The van der Waals surface area contributed by atoms with Crippen LogP contribution in [0.1, 0.15) is 5.69 Å². The standard InChI is InChI=1S/C25H16N4O/c1-15-24-17(12-13-26-15)18-14-16(10-11-23(18)30-24)28-21-8-4-5-9-22(21)29-20-7-3-2-6-19(20)27-25(28)29/h2-14H,1H3. The molecule has 7 rings (SSSR count). The zero-order valence-corrected chi connectivity index (χ0v) is 16.2. The minimum Gasteiger partial charge on any atom is -0.454 e. The molecular weight excluding hydrogens is 372 g/mol. The molecule has 7 aromatic rings.